The van der Waals surface area contributed by atoms with Crippen LogP contribution in [-0.4, -0.2) is 20.9 Å². The van der Waals surface area contributed by atoms with Crippen LogP contribution in [0.5, 0.6) is 0 Å². The van der Waals surface area contributed by atoms with Crippen molar-refractivity contribution in [2.75, 3.05) is 0 Å². The Labute approximate surface area is 148 Å². The lowest BCUT2D eigenvalue weighted by Gasteiger charge is -2.21. The number of carbonyl (C=O) groups is 2. The molecule has 0 saturated carbocycles. The second kappa shape index (κ2) is 9.20. The van der Waals surface area contributed by atoms with Crippen molar-refractivity contribution in [3.63, 3.8) is 0 Å². The van der Waals surface area contributed by atoms with Gasteiger partial charge in [-0.2, -0.15) is 0 Å². The molecule has 2 amide bonds. The smallest absolute Gasteiger partial charge is 0.295 e. The monoisotopic (exact) mass is 347 g/mol. The molecule has 2 heterocycles. The van der Waals surface area contributed by atoms with Gasteiger partial charge < -0.3 is 0 Å². The van der Waals surface area contributed by atoms with Gasteiger partial charge in [0.05, 0.1) is 11.0 Å². The summed E-state index contributed by atoms with van der Waals surface area (Å²) in [7, 11) is 1.67. The summed E-state index contributed by atoms with van der Waals surface area (Å²) < 4.78 is 2.98. The number of imidazole rings is 1. The Kier molecular flexibility index (Phi) is 7.61. The van der Waals surface area contributed by atoms with E-state index in [9.17, 15) is 14.4 Å². The first-order valence-electron chi connectivity index (χ1n) is 8.82. The molecule has 0 radical (unpaired) electrons. The maximum Gasteiger partial charge on any atom is 0.329 e. The third kappa shape index (κ3) is 4.81. The number of para-hydroxylation sites is 2. The van der Waals surface area contributed by atoms with Gasteiger partial charge in [-0.05, 0) is 24.5 Å². The summed E-state index contributed by atoms with van der Waals surface area (Å²) in [6, 6.07) is 6.69. The molecule has 138 valence electrons. The second-order valence-corrected chi connectivity index (χ2v) is 6.40. The van der Waals surface area contributed by atoms with Crippen LogP contribution in [0, 0.1) is 5.92 Å². The highest BCUT2D eigenvalue weighted by Crippen LogP contribution is 2.22. The van der Waals surface area contributed by atoms with Crippen LogP contribution in [-0.2, 0) is 16.6 Å². The number of hydrogen-bond donors (Lipinski definition) is 1. The van der Waals surface area contributed by atoms with E-state index >= 15 is 0 Å². The lowest BCUT2D eigenvalue weighted by molar-refractivity contribution is -0.135. The Morgan fingerprint density at radius 1 is 1.04 bits per heavy atom. The average molecular weight is 347 g/mol. The number of hydrogen-bond acceptors (Lipinski definition) is 3. The number of rotatable bonds is 1. The van der Waals surface area contributed by atoms with Crippen molar-refractivity contribution in [1.82, 2.24) is 14.5 Å². The van der Waals surface area contributed by atoms with E-state index < -0.39 is 11.9 Å². The fourth-order valence-corrected chi connectivity index (χ4v) is 2.55. The van der Waals surface area contributed by atoms with E-state index in [1.54, 1.807) is 13.1 Å². The van der Waals surface area contributed by atoms with Crippen LogP contribution >= 0.6 is 0 Å². The van der Waals surface area contributed by atoms with Gasteiger partial charge in [-0.15, -0.1) is 0 Å². The van der Waals surface area contributed by atoms with E-state index in [1.807, 2.05) is 32.0 Å². The topological polar surface area (TPSA) is 73.1 Å². The zero-order chi connectivity index (χ0) is 19.1. The van der Waals surface area contributed by atoms with Gasteiger partial charge in [0.25, 0.3) is 0 Å². The Morgan fingerprint density at radius 2 is 1.56 bits per heavy atom. The molecule has 2 aromatic rings. The van der Waals surface area contributed by atoms with Crippen molar-refractivity contribution in [3.8, 4) is 0 Å². The predicted molar refractivity (Wildman–Crippen MR) is 100 cm³/mol. The number of fused-ring (bicyclic) bond motifs is 1. The molecular formula is C19H29N3O3. The quantitative estimate of drug-likeness (QED) is 0.806. The molecule has 3 rings (SSSR count). The Morgan fingerprint density at radius 3 is 2.08 bits per heavy atom. The lowest BCUT2D eigenvalue weighted by atomic mass is 10.1. The molecule has 1 aliphatic heterocycles. The second-order valence-electron chi connectivity index (χ2n) is 6.40. The van der Waals surface area contributed by atoms with Gasteiger partial charge in [0.15, 0.2) is 0 Å². The first kappa shape index (κ1) is 20.7. The summed E-state index contributed by atoms with van der Waals surface area (Å²) in [5.41, 5.74) is 1.25. The number of amides is 2. The minimum absolute atomic E-state index is 0.240. The molecule has 1 N–H and O–H groups in total. The van der Waals surface area contributed by atoms with Crippen molar-refractivity contribution in [1.29, 1.82) is 0 Å². The molecule has 1 aromatic carbocycles. The zero-order valence-electron chi connectivity index (χ0n) is 16.0. The fraction of sp³-hybridized carbons (Fsp3) is 0.526. The lowest BCUT2D eigenvalue weighted by Crippen LogP contribution is -2.44. The molecule has 0 spiro atoms. The number of nitrogens with one attached hydrogen (secondary N) is 1. The Bertz CT molecular complexity index is 784. The van der Waals surface area contributed by atoms with Crippen LogP contribution in [0.1, 0.15) is 53.5 Å². The van der Waals surface area contributed by atoms with Gasteiger partial charge in [-0.25, -0.2) is 4.79 Å². The first-order valence-corrected chi connectivity index (χ1v) is 8.82. The van der Waals surface area contributed by atoms with E-state index in [0.717, 1.165) is 11.4 Å². The number of imide groups is 1. The third-order valence-electron chi connectivity index (χ3n) is 3.52. The zero-order valence-corrected chi connectivity index (χ0v) is 16.0. The molecule has 25 heavy (non-hydrogen) atoms. The summed E-state index contributed by atoms with van der Waals surface area (Å²) in [6.45, 7) is 10.5. The summed E-state index contributed by atoms with van der Waals surface area (Å²) in [6.07, 6.45) is 0.616. The number of piperidine rings is 1. The summed E-state index contributed by atoms with van der Waals surface area (Å²) >= 11 is 0. The van der Waals surface area contributed by atoms with E-state index in [1.165, 1.54) is 9.13 Å². The number of carbonyl (C=O) groups excluding carboxylic acids is 2. The molecule has 0 bridgehead atoms. The van der Waals surface area contributed by atoms with Crippen molar-refractivity contribution in [2.24, 2.45) is 13.0 Å². The fourth-order valence-electron chi connectivity index (χ4n) is 2.55. The van der Waals surface area contributed by atoms with E-state index in [2.05, 4.69) is 26.1 Å². The van der Waals surface area contributed by atoms with Gasteiger partial charge in [0.1, 0.15) is 6.04 Å². The van der Waals surface area contributed by atoms with Crippen LogP contribution in [0.3, 0.4) is 0 Å². The third-order valence-corrected chi connectivity index (χ3v) is 3.52. The maximum absolute atomic E-state index is 12.3. The standard InChI is InChI=1S/C13H13N3O3.C4H10.C2H6/c1-15-8-4-2-3-5-9(8)16(13(15)19)10-6-7-11(17)14-12(10)18;1-4(2)3;1-2/h2-5,10H,6-7H2,1H3,(H,14,17,18);4H,1-3H3;1-2H3. The van der Waals surface area contributed by atoms with Gasteiger partial charge >= 0.3 is 5.69 Å². The van der Waals surface area contributed by atoms with Crippen LogP contribution in [0.25, 0.3) is 11.0 Å². The minimum Gasteiger partial charge on any atom is -0.295 e. The highest BCUT2D eigenvalue weighted by Gasteiger charge is 2.30. The summed E-state index contributed by atoms with van der Waals surface area (Å²) in [5.74, 6) is 0.143. The van der Waals surface area contributed by atoms with Crippen LogP contribution in [0.4, 0.5) is 0 Å². The largest absolute Gasteiger partial charge is 0.329 e. The van der Waals surface area contributed by atoms with Crippen molar-refractivity contribution in [3.05, 3.63) is 34.7 Å². The Balaban J connectivity index is 0.000000461. The highest BCUT2D eigenvalue weighted by atomic mass is 16.2. The van der Waals surface area contributed by atoms with Gasteiger partial charge in [-0.3, -0.25) is 24.0 Å². The van der Waals surface area contributed by atoms with Gasteiger partial charge in [-0.1, -0.05) is 46.8 Å². The number of aryl methyl sites for hydroxylation is 1. The number of aromatic nitrogens is 2. The van der Waals surface area contributed by atoms with Crippen LogP contribution in [0.2, 0.25) is 0 Å². The SMILES string of the molecule is CC.CC(C)C.Cn1c(=O)n(C2CCC(=O)NC2=O)c2ccccc21. The van der Waals surface area contributed by atoms with E-state index in [0.29, 0.717) is 11.9 Å². The van der Waals surface area contributed by atoms with E-state index in [-0.39, 0.29) is 18.0 Å². The molecule has 1 aliphatic rings. The molecule has 1 fully saturated rings. The average Bonchev–Trinajstić information content (AvgIpc) is 2.81. The molecule has 1 atom stereocenters. The predicted octanol–water partition coefficient (Wildman–Crippen LogP) is 3.01. The van der Waals surface area contributed by atoms with Gasteiger partial charge in [0, 0.05) is 13.5 Å². The first-order chi connectivity index (χ1) is 11.8. The van der Waals surface area contributed by atoms with Crippen molar-refractivity contribution >= 4 is 22.8 Å². The molecule has 1 aromatic heterocycles. The highest BCUT2D eigenvalue weighted by molar-refractivity contribution is 6.00. The molecule has 1 unspecified atom stereocenters. The van der Waals surface area contributed by atoms with Crippen molar-refractivity contribution < 1.29 is 9.59 Å². The normalized spacial score (nSPS) is 16.7. The molecule has 0 aliphatic carbocycles. The van der Waals surface area contributed by atoms with Gasteiger partial charge in [0.2, 0.25) is 11.8 Å². The Hall–Kier alpha value is -2.37. The minimum atomic E-state index is -0.615. The number of nitrogens with zero attached hydrogens (tertiary/aromatic N) is 2. The summed E-state index contributed by atoms with van der Waals surface area (Å²) in [4.78, 5) is 35.4. The van der Waals surface area contributed by atoms with E-state index in [4.69, 9.17) is 0 Å². The molecular weight excluding hydrogens is 318 g/mol. The molecule has 6 heteroatoms. The maximum atomic E-state index is 12.3. The van der Waals surface area contributed by atoms with Crippen LogP contribution < -0.4 is 11.0 Å². The van der Waals surface area contributed by atoms with Crippen molar-refractivity contribution in [2.45, 2.75) is 53.5 Å². The van der Waals surface area contributed by atoms with Crippen LogP contribution in [0.15, 0.2) is 29.1 Å². The number of benzene rings is 1. The molecule has 6 nitrogen and oxygen atoms in total. The molecule has 1 saturated heterocycles. The summed E-state index contributed by atoms with van der Waals surface area (Å²) in [5, 5.41) is 2.28.